The topological polar surface area (TPSA) is 40.7 Å². The van der Waals surface area contributed by atoms with Crippen molar-refractivity contribution in [1.29, 1.82) is 0 Å². The molecule has 3 fully saturated rings. The average molecular weight is 329 g/mol. The Kier molecular flexibility index (Phi) is 4.48. The van der Waals surface area contributed by atoms with Gasteiger partial charge in [0.25, 0.3) is 0 Å². The highest BCUT2D eigenvalue weighted by Crippen LogP contribution is 2.32. The van der Waals surface area contributed by atoms with Crippen LogP contribution in [0.25, 0.3) is 10.9 Å². The van der Waals surface area contributed by atoms with Crippen LogP contribution in [0.5, 0.6) is 5.75 Å². The van der Waals surface area contributed by atoms with E-state index >= 15 is 0 Å². The number of benzene rings is 1. The minimum Gasteiger partial charge on any atom is -0.405 e. The Morgan fingerprint density at radius 2 is 2.25 bits per heavy atom. The number of hydroxylamine groups is 2. The molecule has 5 nitrogen and oxygen atoms in total. The predicted molar refractivity (Wildman–Crippen MR) is 95.3 cm³/mol. The monoisotopic (exact) mass is 329 g/mol. The molecular formula is C19H27N3O2. The second-order valence-corrected chi connectivity index (χ2v) is 7.02. The highest BCUT2D eigenvalue weighted by molar-refractivity contribution is 5.89. The van der Waals surface area contributed by atoms with E-state index in [0.29, 0.717) is 12.2 Å². The van der Waals surface area contributed by atoms with Crippen molar-refractivity contribution in [3.8, 4) is 5.75 Å². The number of aromatic amines is 1. The summed E-state index contributed by atoms with van der Waals surface area (Å²) < 4.78 is 5.81. The molecule has 0 unspecified atom stereocenters. The van der Waals surface area contributed by atoms with Gasteiger partial charge in [-0.15, -0.1) is 5.06 Å². The maximum Gasteiger partial charge on any atom is 0.157 e. The number of H-pyrrole nitrogens is 1. The quantitative estimate of drug-likeness (QED) is 0.885. The van der Waals surface area contributed by atoms with Crippen LogP contribution < -0.4 is 4.84 Å². The summed E-state index contributed by atoms with van der Waals surface area (Å²) in [5, 5.41) is 3.31. The van der Waals surface area contributed by atoms with Crippen LogP contribution in [-0.4, -0.2) is 60.4 Å². The number of aromatic nitrogens is 1. The van der Waals surface area contributed by atoms with Crippen molar-refractivity contribution in [2.45, 2.75) is 38.4 Å². The molecule has 0 spiro atoms. The number of hydrogen-bond donors (Lipinski definition) is 1. The molecule has 2 bridgehead atoms. The van der Waals surface area contributed by atoms with Crippen molar-refractivity contribution < 1.29 is 9.57 Å². The van der Waals surface area contributed by atoms with Crippen molar-refractivity contribution in [2.75, 3.05) is 33.2 Å². The fourth-order valence-corrected chi connectivity index (χ4v) is 3.65. The first-order valence-corrected chi connectivity index (χ1v) is 9.09. The zero-order valence-electron chi connectivity index (χ0n) is 14.6. The van der Waals surface area contributed by atoms with E-state index in [1.54, 1.807) is 0 Å². The lowest BCUT2D eigenvalue weighted by Crippen LogP contribution is -2.40. The molecule has 5 rings (SSSR count). The van der Waals surface area contributed by atoms with Gasteiger partial charge in [-0.2, -0.15) is 0 Å². The Balaban J connectivity index is 1.54. The molecule has 1 aromatic carbocycles. The van der Waals surface area contributed by atoms with Gasteiger partial charge in [0.05, 0.1) is 18.8 Å². The van der Waals surface area contributed by atoms with Crippen LogP contribution in [0.3, 0.4) is 0 Å². The molecule has 0 aliphatic carbocycles. The van der Waals surface area contributed by atoms with Gasteiger partial charge >= 0.3 is 0 Å². The Morgan fingerprint density at radius 1 is 1.38 bits per heavy atom. The molecule has 2 aromatic rings. The van der Waals surface area contributed by atoms with Gasteiger partial charge in [-0.25, -0.2) is 0 Å². The first-order valence-electron chi connectivity index (χ1n) is 9.09. The summed E-state index contributed by atoms with van der Waals surface area (Å²) in [4.78, 5) is 12.0. The Hall–Kier alpha value is -1.56. The maximum absolute atomic E-state index is 6.30. The van der Waals surface area contributed by atoms with Gasteiger partial charge in [-0.3, -0.25) is 0 Å². The first-order chi connectivity index (χ1) is 11.7. The molecule has 0 saturated carbocycles. The van der Waals surface area contributed by atoms with Gasteiger partial charge in [-0.05, 0) is 44.1 Å². The summed E-state index contributed by atoms with van der Waals surface area (Å²) >= 11 is 0. The zero-order valence-corrected chi connectivity index (χ0v) is 14.6. The number of nitrogens with one attached hydrogen (secondary N) is 1. The third-order valence-electron chi connectivity index (χ3n) is 5.30. The maximum atomic E-state index is 6.30. The molecular weight excluding hydrogens is 302 g/mol. The van der Waals surface area contributed by atoms with E-state index in [-0.39, 0.29) is 0 Å². The van der Waals surface area contributed by atoms with Crippen molar-refractivity contribution in [3.05, 3.63) is 30.0 Å². The van der Waals surface area contributed by atoms with E-state index < -0.39 is 0 Å². The highest BCUT2D eigenvalue weighted by Gasteiger charge is 2.36. The Morgan fingerprint density at radius 3 is 3.08 bits per heavy atom. The largest absolute Gasteiger partial charge is 0.405 e. The van der Waals surface area contributed by atoms with Crippen LogP contribution in [0.2, 0.25) is 0 Å². The van der Waals surface area contributed by atoms with E-state index in [1.807, 2.05) is 0 Å². The minimum absolute atomic E-state index is 0.348. The Labute approximate surface area is 143 Å². The van der Waals surface area contributed by atoms with E-state index in [2.05, 4.69) is 53.3 Å². The van der Waals surface area contributed by atoms with Crippen LogP contribution in [0, 0.1) is 0 Å². The SMILES string of the molecule is CCN(C)CCc1c[nH]c2cccc(ON3CC[C@@H]4C[C@H](C3)O4)c12. The number of likely N-dealkylation sites (N-methyl/N-ethyl adjacent to an activating group) is 1. The van der Waals surface area contributed by atoms with Crippen LogP contribution in [0.1, 0.15) is 25.3 Å². The van der Waals surface area contributed by atoms with Crippen LogP contribution in [-0.2, 0) is 11.2 Å². The number of nitrogens with zero attached hydrogens (tertiary/aromatic N) is 2. The summed E-state index contributed by atoms with van der Waals surface area (Å²) in [7, 11) is 2.16. The summed E-state index contributed by atoms with van der Waals surface area (Å²) in [6.07, 6.45) is 6.20. The summed E-state index contributed by atoms with van der Waals surface area (Å²) in [5.74, 6) is 0.960. The Bertz CT molecular complexity index is 693. The molecule has 3 saturated heterocycles. The molecule has 1 N–H and O–H groups in total. The normalized spacial score (nSPS) is 24.1. The first kappa shape index (κ1) is 15.9. The van der Waals surface area contributed by atoms with Gasteiger partial charge in [0.1, 0.15) is 0 Å². The lowest BCUT2D eigenvalue weighted by molar-refractivity contribution is -0.135. The summed E-state index contributed by atoms with van der Waals surface area (Å²) in [5.41, 5.74) is 2.48. The summed E-state index contributed by atoms with van der Waals surface area (Å²) in [6, 6.07) is 6.27. The summed E-state index contributed by atoms with van der Waals surface area (Å²) in [6.45, 7) is 6.12. The second-order valence-electron chi connectivity index (χ2n) is 7.02. The lowest BCUT2D eigenvalue weighted by Gasteiger charge is -2.33. The fraction of sp³-hybridized carbons (Fsp3) is 0.579. The molecule has 24 heavy (non-hydrogen) atoms. The highest BCUT2D eigenvalue weighted by atomic mass is 16.7. The number of rotatable bonds is 6. The molecule has 0 amide bonds. The van der Waals surface area contributed by atoms with Crippen LogP contribution in [0.4, 0.5) is 0 Å². The van der Waals surface area contributed by atoms with Crippen molar-refractivity contribution in [1.82, 2.24) is 14.9 Å². The third-order valence-corrected chi connectivity index (χ3v) is 5.30. The van der Waals surface area contributed by atoms with E-state index in [9.17, 15) is 0 Å². The van der Waals surface area contributed by atoms with E-state index in [4.69, 9.17) is 9.57 Å². The molecule has 2 atom stereocenters. The zero-order chi connectivity index (χ0) is 16.5. The van der Waals surface area contributed by atoms with Gasteiger partial charge < -0.3 is 19.5 Å². The van der Waals surface area contributed by atoms with Gasteiger partial charge in [0, 0.05) is 36.6 Å². The molecule has 130 valence electrons. The third kappa shape index (κ3) is 3.16. The van der Waals surface area contributed by atoms with E-state index in [1.165, 1.54) is 17.4 Å². The smallest absolute Gasteiger partial charge is 0.157 e. The number of ether oxygens (including phenoxy) is 1. The standard InChI is InChI=1S/C19H27N3O2/c1-3-21(2)9-7-14-12-20-17-5-4-6-18(19(14)17)24-22-10-8-15-11-16(13-22)23-15/h4-6,12,15-16,20H,3,7-11,13H2,1-2H3/t15-,16-/m1/s1. The van der Waals surface area contributed by atoms with Crippen molar-refractivity contribution >= 4 is 10.9 Å². The van der Waals surface area contributed by atoms with Gasteiger partial charge in [-0.1, -0.05) is 13.0 Å². The molecule has 4 heterocycles. The molecule has 3 aliphatic heterocycles. The second kappa shape index (κ2) is 6.75. The number of fused-ring (bicyclic) bond motifs is 4. The van der Waals surface area contributed by atoms with Crippen LogP contribution >= 0.6 is 0 Å². The van der Waals surface area contributed by atoms with E-state index in [0.717, 1.165) is 50.3 Å². The van der Waals surface area contributed by atoms with Crippen LogP contribution in [0.15, 0.2) is 24.4 Å². The molecule has 5 heteroatoms. The minimum atomic E-state index is 0.348. The molecule has 1 aromatic heterocycles. The lowest BCUT2D eigenvalue weighted by atomic mass is 10.0. The van der Waals surface area contributed by atoms with Crippen molar-refractivity contribution in [2.24, 2.45) is 0 Å². The average Bonchev–Trinajstić information content (AvgIpc) is 2.74. The molecule has 3 aliphatic rings. The molecule has 0 radical (unpaired) electrons. The predicted octanol–water partition coefficient (Wildman–Crippen LogP) is 2.82. The van der Waals surface area contributed by atoms with Gasteiger partial charge in [0.2, 0.25) is 0 Å². The number of hydrogen-bond acceptors (Lipinski definition) is 4. The van der Waals surface area contributed by atoms with Crippen molar-refractivity contribution in [3.63, 3.8) is 0 Å². The van der Waals surface area contributed by atoms with Gasteiger partial charge in [0.15, 0.2) is 5.75 Å². The fourth-order valence-electron chi connectivity index (χ4n) is 3.65.